The van der Waals surface area contributed by atoms with Crippen LogP contribution in [0.3, 0.4) is 0 Å². The molecule has 1 unspecified atom stereocenters. The maximum atomic E-state index is 12.7. The van der Waals surface area contributed by atoms with E-state index >= 15 is 0 Å². The molecular formula is C10H11FO2. The van der Waals surface area contributed by atoms with Gasteiger partial charge < -0.3 is 9.47 Å². The van der Waals surface area contributed by atoms with Gasteiger partial charge in [0.2, 0.25) is 0 Å². The zero-order chi connectivity index (χ0) is 9.10. The summed E-state index contributed by atoms with van der Waals surface area (Å²) >= 11 is 0. The van der Waals surface area contributed by atoms with Crippen LogP contribution in [0.15, 0.2) is 24.3 Å². The van der Waals surface area contributed by atoms with Gasteiger partial charge in [0.1, 0.15) is 11.6 Å². The monoisotopic (exact) mass is 182 g/mol. The summed E-state index contributed by atoms with van der Waals surface area (Å²) in [6.45, 7) is 1.43. The fourth-order valence-electron chi connectivity index (χ4n) is 1.10. The molecular weight excluding hydrogens is 171 g/mol. The van der Waals surface area contributed by atoms with Crippen molar-refractivity contribution in [3.63, 3.8) is 0 Å². The number of halogens is 1. The summed E-state index contributed by atoms with van der Waals surface area (Å²) in [6.07, 6.45) is 1.25. The van der Waals surface area contributed by atoms with Gasteiger partial charge in [-0.2, -0.15) is 0 Å². The van der Waals surface area contributed by atoms with Crippen LogP contribution < -0.4 is 4.74 Å². The van der Waals surface area contributed by atoms with Crippen LogP contribution in [0.1, 0.15) is 6.42 Å². The van der Waals surface area contributed by atoms with Gasteiger partial charge in [-0.3, -0.25) is 0 Å². The highest BCUT2D eigenvalue weighted by Crippen LogP contribution is 2.16. The van der Waals surface area contributed by atoms with Crippen molar-refractivity contribution in [1.82, 2.24) is 0 Å². The summed E-state index contributed by atoms with van der Waals surface area (Å²) in [5.74, 6) is 0.320. The fourth-order valence-corrected chi connectivity index (χ4v) is 1.10. The van der Waals surface area contributed by atoms with E-state index in [9.17, 15) is 4.39 Å². The van der Waals surface area contributed by atoms with E-state index in [1.165, 1.54) is 12.1 Å². The van der Waals surface area contributed by atoms with Gasteiger partial charge in [0.05, 0.1) is 19.3 Å². The first-order valence-electron chi connectivity index (χ1n) is 4.34. The second-order valence-corrected chi connectivity index (χ2v) is 3.05. The first-order valence-corrected chi connectivity index (χ1v) is 4.34. The molecule has 70 valence electrons. The minimum absolute atomic E-state index is 0.264. The number of epoxide rings is 1. The third-order valence-corrected chi connectivity index (χ3v) is 1.91. The van der Waals surface area contributed by atoms with E-state index in [0.29, 0.717) is 18.5 Å². The summed E-state index contributed by atoms with van der Waals surface area (Å²) in [5, 5.41) is 0. The largest absolute Gasteiger partial charge is 0.493 e. The van der Waals surface area contributed by atoms with E-state index in [4.69, 9.17) is 9.47 Å². The quantitative estimate of drug-likeness (QED) is 0.664. The second kappa shape index (κ2) is 3.75. The molecule has 1 aliphatic rings. The molecule has 0 saturated carbocycles. The van der Waals surface area contributed by atoms with E-state index in [0.717, 1.165) is 13.0 Å². The van der Waals surface area contributed by atoms with Gasteiger partial charge in [0, 0.05) is 12.5 Å². The molecule has 13 heavy (non-hydrogen) atoms. The molecule has 0 spiro atoms. The molecule has 0 aromatic heterocycles. The van der Waals surface area contributed by atoms with Crippen molar-refractivity contribution in [3.8, 4) is 5.75 Å². The molecule has 2 rings (SSSR count). The molecule has 2 nitrogen and oxygen atoms in total. The summed E-state index contributed by atoms with van der Waals surface area (Å²) in [7, 11) is 0. The normalized spacial score (nSPS) is 19.9. The van der Waals surface area contributed by atoms with Crippen LogP contribution >= 0.6 is 0 Å². The highest BCUT2D eigenvalue weighted by atomic mass is 19.1. The predicted molar refractivity (Wildman–Crippen MR) is 46.3 cm³/mol. The fraction of sp³-hybridized carbons (Fsp3) is 0.400. The Hall–Kier alpha value is -1.09. The van der Waals surface area contributed by atoms with Crippen molar-refractivity contribution in [2.45, 2.75) is 12.5 Å². The Morgan fingerprint density at radius 1 is 1.54 bits per heavy atom. The lowest BCUT2D eigenvalue weighted by Crippen LogP contribution is -2.00. The van der Waals surface area contributed by atoms with Gasteiger partial charge in [-0.1, -0.05) is 6.07 Å². The average Bonchev–Trinajstić information content (AvgIpc) is 2.88. The van der Waals surface area contributed by atoms with Crippen molar-refractivity contribution in [2.75, 3.05) is 13.2 Å². The third-order valence-electron chi connectivity index (χ3n) is 1.91. The molecule has 1 atom stereocenters. The van der Waals surface area contributed by atoms with Crippen molar-refractivity contribution < 1.29 is 13.9 Å². The Bertz CT molecular complexity index is 284. The van der Waals surface area contributed by atoms with Crippen LogP contribution in [0.4, 0.5) is 4.39 Å². The Balaban J connectivity index is 1.79. The lowest BCUT2D eigenvalue weighted by molar-refractivity contribution is 0.282. The third kappa shape index (κ3) is 2.70. The maximum absolute atomic E-state index is 12.7. The van der Waals surface area contributed by atoms with Gasteiger partial charge in [-0.25, -0.2) is 4.39 Å². The highest BCUT2D eigenvalue weighted by molar-refractivity contribution is 5.22. The Morgan fingerprint density at radius 3 is 3.08 bits per heavy atom. The topological polar surface area (TPSA) is 21.8 Å². The summed E-state index contributed by atoms with van der Waals surface area (Å²) in [4.78, 5) is 0. The van der Waals surface area contributed by atoms with Gasteiger partial charge >= 0.3 is 0 Å². The van der Waals surface area contributed by atoms with Gasteiger partial charge in [0.15, 0.2) is 0 Å². The first-order chi connectivity index (χ1) is 6.34. The molecule has 1 heterocycles. The second-order valence-electron chi connectivity index (χ2n) is 3.05. The smallest absolute Gasteiger partial charge is 0.126 e. The lowest BCUT2D eigenvalue weighted by Gasteiger charge is -2.03. The summed E-state index contributed by atoms with van der Waals surface area (Å²) in [6, 6.07) is 6.17. The minimum Gasteiger partial charge on any atom is -0.493 e. The molecule has 1 aromatic rings. The number of hydrogen-bond donors (Lipinski definition) is 0. The molecule has 0 aliphatic carbocycles. The molecule has 0 radical (unpaired) electrons. The van der Waals surface area contributed by atoms with Gasteiger partial charge in [-0.15, -0.1) is 0 Å². The van der Waals surface area contributed by atoms with E-state index in [1.807, 2.05) is 0 Å². The number of ether oxygens (including phenoxy) is 2. The molecule has 3 heteroatoms. The van der Waals surface area contributed by atoms with Crippen LogP contribution in [-0.2, 0) is 4.74 Å². The molecule has 1 aromatic carbocycles. The van der Waals surface area contributed by atoms with Crippen molar-refractivity contribution in [3.05, 3.63) is 30.1 Å². The Labute approximate surface area is 76.3 Å². The lowest BCUT2D eigenvalue weighted by atomic mass is 10.3. The summed E-state index contributed by atoms with van der Waals surface area (Å²) < 4.78 is 23.0. The van der Waals surface area contributed by atoms with E-state index in [2.05, 4.69) is 0 Å². The number of rotatable bonds is 4. The highest BCUT2D eigenvalue weighted by Gasteiger charge is 2.21. The van der Waals surface area contributed by atoms with Crippen molar-refractivity contribution >= 4 is 0 Å². The van der Waals surface area contributed by atoms with E-state index in [1.54, 1.807) is 12.1 Å². The van der Waals surface area contributed by atoms with Crippen LogP contribution in [0.2, 0.25) is 0 Å². The Morgan fingerprint density at radius 2 is 2.38 bits per heavy atom. The van der Waals surface area contributed by atoms with Gasteiger partial charge in [0.25, 0.3) is 0 Å². The van der Waals surface area contributed by atoms with Crippen LogP contribution in [0.25, 0.3) is 0 Å². The van der Waals surface area contributed by atoms with Crippen molar-refractivity contribution in [1.29, 1.82) is 0 Å². The standard InChI is InChI=1S/C10H11FO2/c11-8-2-1-3-9(6-8)12-5-4-10-7-13-10/h1-3,6,10H,4-5,7H2. The van der Waals surface area contributed by atoms with Crippen molar-refractivity contribution in [2.24, 2.45) is 0 Å². The summed E-state index contributed by atoms with van der Waals surface area (Å²) in [5.41, 5.74) is 0. The molecule has 0 amide bonds. The van der Waals surface area contributed by atoms with Gasteiger partial charge in [-0.05, 0) is 12.1 Å². The maximum Gasteiger partial charge on any atom is 0.126 e. The Kier molecular flexibility index (Phi) is 2.45. The zero-order valence-corrected chi connectivity index (χ0v) is 7.20. The molecule has 1 saturated heterocycles. The van der Waals surface area contributed by atoms with Crippen LogP contribution in [-0.4, -0.2) is 19.3 Å². The molecule has 0 bridgehead atoms. The first kappa shape index (κ1) is 8.51. The molecule has 0 N–H and O–H groups in total. The number of benzene rings is 1. The van der Waals surface area contributed by atoms with E-state index < -0.39 is 0 Å². The predicted octanol–water partition coefficient (Wildman–Crippen LogP) is 1.99. The molecule has 1 fully saturated rings. The van der Waals surface area contributed by atoms with Crippen LogP contribution in [0, 0.1) is 5.82 Å². The molecule has 1 aliphatic heterocycles. The van der Waals surface area contributed by atoms with E-state index in [-0.39, 0.29) is 5.82 Å². The average molecular weight is 182 g/mol. The van der Waals surface area contributed by atoms with Crippen LogP contribution in [0.5, 0.6) is 5.75 Å². The SMILES string of the molecule is Fc1cccc(OCCC2CO2)c1. The zero-order valence-electron chi connectivity index (χ0n) is 7.20. The number of hydrogen-bond acceptors (Lipinski definition) is 2. The minimum atomic E-state index is -0.264.